The van der Waals surface area contributed by atoms with E-state index < -0.39 is 0 Å². The summed E-state index contributed by atoms with van der Waals surface area (Å²) in [5.41, 5.74) is 0.444. The van der Waals surface area contributed by atoms with Gasteiger partial charge in [0, 0.05) is 12.6 Å². The largest absolute Gasteiger partial charge is 0.369 e. The summed E-state index contributed by atoms with van der Waals surface area (Å²) in [4.78, 5) is 8.49. The van der Waals surface area contributed by atoms with Gasteiger partial charge in [-0.3, -0.25) is 0 Å². The van der Waals surface area contributed by atoms with Crippen molar-refractivity contribution in [1.82, 2.24) is 9.97 Å². The molecule has 0 radical (unpaired) electrons. The van der Waals surface area contributed by atoms with Gasteiger partial charge < -0.3 is 5.32 Å². The quantitative estimate of drug-likeness (QED) is 0.810. The van der Waals surface area contributed by atoms with Gasteiger partial charge in [0.05, 0.1) is 0 Å². The second kappa shape index (κ2) is 6.08. The van der Waals surface area contributed by atoms with Crippen molar-refractivity contribution in [3.63, 3.8) is 0 Å². The molecule has 2 rings (SSSR count). The first-order valence-corrected chi connectivity index (χ1v) is 7.62. The average Bonchev–Trinajstić information content (AvgIpc) is 2.73. The molecule has 106 valence electrons. The van der Waals surface area contributed by atoms with Crippen molar-refractivity contribution in [2.75, 3.05) is 11.9 Å². The van der Waals surface area contributed by atoms with E-state index in [9.17, 15) is 0 Å². The summed E-state index contributed by atoms with van der Waals surface area (Å²) in [5, 5.41) is 3.99. The molecule has 19 heavy (non-hydrogen) atoms. The Labute approximate surface area is 121 Å². The first-order valence-electron chi connectivity index (χ1n) is 7.24. The molecule has 0 aromatic carbocycles. The van der Waals surface area contributed by atoms with Crippen molar-refractivity contribution in [2.24, 2.45) is 11.3 Å². The molecule has 3 nitrogen and oxygen atoms in total. The van der Waals surface area contributed by atoms with Gasteiger partial charge in [0.1, 0.15) is 16.8 Å². The third-order valence-corrected chi connectivity index (χ3v) is 4.15. The molecule has 0 aliphatic heterocycles. The highest BCUT2D eigenvalue weighted by Gasteiger charge is 2.34. The molecule has 0 spiro atoms. The molecule has 1 fully saturated rings. The van der Waals surface area contributed by atoms with Gasteiger partial charge >= 0.3 is 0 Å². The second-order valence-corrected chi connectivity index (χ2v) is 6.67. The van der Waals surface area contributed by atoms with Crippen LogP contribution in [0.4, 0.5) is 5.82 Å². The van der Waals surface area contributed by atoms with Crippen LogP contribution < -0.4 is 5.32 Å². The van der Waals surface area contributed by atoms with Gasteiger partial charge in [-0.05, 0) is 37.5 Å². The highest BCUT2D eigenvalue weighted by atomic mass is 35.5. The number of nitrogens with zero attached hydrogens (tertiary/aromatic N) is 2. The molecule has 4 heteroatoms. The van der Waals surface area contributed by atoms with E-state index in [4.69, 9.17) is 11.6 Å². The summed E-state index contributed by atoms with van der Waals surface area (Å²) in [5.74, 6) is 2.32. The lowest BCUT2D eigenvalue weighted by atomic mass is 9.78. The molecule has 0 unspecified atom stereocenters. The standard InChI is InChI=1S/C15H24ClN3/c1-11(2)9-15(6-4-5-7-15)10-17-14-8-13(16)18-12(3)19-14/h8,11H,4-7,9-10H2,1-3H3,(H,17,18,19). The SMILES string of the molecule is Cc1nc(Cl)cc(NCC2(CC(C)C)CCCC2)n1. The Bertz CT molecular complexity index is 405. The van der Waals surface area contributed by atoms with E-state index >= 15 is 0 Å². The van der Waals surface area contributed by atoms with Crippen LogP contribution in [-0.4, -0.2) is 16.5 Å². The van der Waals surface area contributed by atoms with Crippen molar-refractivity contribution in [3.8, 4) is 0 Å². The minimum absolute atomic E-state index is 0.444. The van der Waals surface area contributed by atoms with Crippen molar-refractivity contribution in [2.45, 2.75) is 52.9 Å². The number of nitrogens with one attached hydrogen (secondary N) is 1. The van der Waals surface area contributed by atoms with Gasteiger partial charge in [-0.2, -0.15) is 0 Å². The summed E-state index contributed by atoms with van der Waals surface area (Å²) in [6, 6.07) is 1.81. The van der Waals surface area contributed by atoms with Crippen LogP contribution in [0.3, 0.4) is 0 Å². The zero-order valence-corrected chi connectivity index (χ0v) is 12.9. The predicted molar refractivity (Wildman–Crippen MR) is 80.6 cm³/mol. The molecule has 0 amide bonds. The second-order valence-electron chi connectivity index (χ2n) is 6.28. The zero-order chi connectivity index (χ0) is 13.9. The van der Waals surface area contributed by atoms with Crippen LogP contribution in [0.1, 0.15) is 51.8 Å². The van der Waals surface area contributed by atoms with Gasteiger partial charge in [0.15, 0.2) is 0 Å². The fourth-order valence-electron chi connectivity index (χ4n) is 3.34. The molecule has 0 saturated heterocycles. The van der Waals surface area contributed by atoms with Gasteiger partial charge in [0.2, 0.25) is 0 Å². The van der Waals surface area contributed by atoms with Crippen LogP contribution in [-0.2, 0) is 0 Å². The molecule has 1 aliphatic rings. The lowest BCUT2D eigenvalue weighted by Crippen LogP contribution is -2.28. The van der Waals surface area contributed by atoms with E-state index in [-0.39, 0.29) is 0 Å². The fraction of sp³-hybridized carbons (Fsp3) is 0.733. The molecule has 0 atom stereocenters. The molecule has 1 saturated carbocycles. The number of aromatic nitrogens is 2. The van der Waals surface area contributed by atoms with Crippen molar-refractivity contribution in [3.05, 3.63) is 17.0 Å². The molecule has 0 bridgehead atoms. The molecule has 1 N–H and O–H groups in total. The maximum absolute atomic E-state index is 5.97. The van der Waals surface area contributed by atoms with Gasteiger partial charge in [-0.25, -0.2) is 9.97 Å². The summed E-state index contributed by atoms with van der Waals surface area (Å²) < 4.78 is 0. The number of halogens is 1. The molecule has 1 aromatic rings. The van der Waals surface area contributed by atoms with Crippen LogP contribution in [0.15, 0.2) is 6.07 Å². The molecule has 1 heterocycles. The van der Waals surface area contributed by atoms with E-state index in [1.165, 1.54) is 32.1 Å². The smallest absolute Gasteiger partial charge is 0.134 e. The zero-order valence-electron chi connectivity index (χ0n) is 12.2. The lowest BCUT2D eigenvalue weighted by molar-refractivity contribution is 0.252. The number of aryl methyl sites for hydroxylation is 1. The number of rotatable bonds is 5. The van der Waals surface area contributed by atoms with Gasteiger partial charge in [0.25, 0.3) is 0 Å². The van der Waals surface area contributed by atoms with Crippen molar-refractivity contribution >= 4 is 17.4 Å². The summed E-state index contributed by atoms with van der Waals surface area (Å²) in [6.45, 7) is 7.49. The minimum atomic E-state index is 0.444. The Hall–Kier alpha value is -0.830. The summed E-state index contributed by atoms with van der Waals surface area (Å²) in [6.07, 6.45) is 6.67. The first-order chi connectivity index (χ1) is 8.99. The van der Waals surface area contributed by atoms with E-state index in [2.05, 4.69) is 29.1 Å². The molecule has 1 aliphatic carbocycles. The fourth-order valence-corrected chi connectivity index (χ4v) is 3.57. The Morgan fingerprint density at radius 2 is 2.00 bits per heavy atom. The van der Waals surface area contributed by atoms with E-state index in [0.717, 1.165) is 24.1 Å². The third kappa shape index (κ3) is 4.07. The molecular formula is C15H24ClN3. The van der Waals surface area contributed by atoms with Crippen LogP contribution >= 0.6 is 11.6 Å². The normalized spacial score (nSPS) is 17.9. The maximum atomic E-state index is 5.97. The summed E-state index contributed by atoms with van der Waals surface area (Å²) in [7, 11) is 0. The van der Waals surface area contributed by atoms with Gasteiger partial charge in [-0.1, -0.05) is 38.3 Å². The Morgan fingerprint density at radius 1 is 1.32 bits per heavy atom. The molecule has 1 aromatic heterocycles. The Balaban J connectivity index is 2.02. The minimum Gasteiger partial charge on any atom is -0.369 e. The Kier molecular flexibility index (Phi) is 4.67. The lowest BCUT2D eigenvalue weighted by Gasteiger charge is -2.31. The number of hydrogen-bond donors (Lipinski definition) is 1. The highest BCUT2D eigenvalue weighted by molar-refractivity contribution is 6.29. The predicted octanol–water partition coefficient (Wildman–Crippen LogP) is 4.46. The number of anilines is 1. The number of hydrogen-bond acceptors (Lipinski definition) is 3. The topological polar surface area (TPSA) is 37.8 Å². The van der Waals surface area contributed by atoms with Crippen molar-refractivity contribution in [1.29, 1.82) is 0 Å². The van der Waals surface area contributed by atoms with Crippen LogP contribution in [0.5, 0.6) is 0 Å². The summed E-state index contributed by atoms with van der Waals surface area (Å²) >= 11 is 5.97. The third-order valence-electron chi connectivity index (χ3n) is 3.96. The average molecular weight is 282 g/mol. The Morgan fingerprint density at radius 3 is 2.58 bits per heavy atom. The van der Waals surface area contributed by atoms with Crippen LogP contribution in [0, 0.1) is 18.3 Å². The van der Waals surface area contributed by atoms with Gasteiger partial charge in [-0.15, -0.1) is 0 Å². The monoisotopic (exact) mass is 281 g/mol. The highest BCUT2D eigenvalue weighted by Crippen LogP contribution is 2.43. The van der Waals surface area contributed by atoms with Crippen LogP contribution in [0.2, 0.25) is 5.15 Å². The van der Waals surface area contributed by atoms with E-state index in [1.54, 1.807) is 0 Å². The van der Waals surface area contributed by atoms with Crippen LogP contribution in [0.25, 0.3) is 0 Å². The van der Waals surface area contributed by atoms with E-state index in [1.807, 2.05) is 13.0 Å². The van der Waals surface area contributed by atoms with Crippen molar-refractivity contribution < 1.29 is 0 Å². The van der Waals surface area contributed by atoms with E-state index in [0.29, 0.717) is 10.6 Å². The first kappa shape index (κ1) is 14.6. The maximum Gasteiger partial charge on any atom is 0.134 e. The molecular weight excluding hydrogens is 258 g/mol.